The topological polar surface area (TPSA) is 0 Å². The van der Waals surface area contributed by atoms with Crippen molar-refractivity contribution in [3.05, 3.63) is 0 Å². The maximum atomic E-state index is 11.6. The van der Waals surface area contributed by atoms with Crippen LogP contribution in [0.1, 0.15) is 0 Å². The monoisotopic (exact) mass is 179 g/mol. The largest absolute Gasteiger partial charge is 0.260 e. The molecule has 7 heteroatoms. The summed E-state index contributed by atoms with van der Waals surface area (Å²) in [6, 6.07) is 0. The zero-order valence-electron chi connectivity index (χ0n) is 5.85. The van der Waals surface area contributed by atoms with E-state index in [9.17, 15) is 26.3 Å². The molecule has 0 radical (unpaired) electrons. The fraction of sp³-hybridized carbons (Fsp3) is 1.00. The second-order valence-corrected chi connectivity index (χ2v) is 2.96. The Bertz CT molecular complexity index is 126. The molecule has 0 aliphatic carbocycles. The Kier molecular flexibility index (Phi) is 2.24. The lowest BCUT2D eigenvalue weighted by Crippen LogP contribution is -2.57. The first kappa shape index (κ1) is 10.6. The van der Waals surface area contributed by atoms with E-state index in [4.69, 9.17) is 0 Å². The summed E-state index contributed by atoms with van der Waals surface area (Å²) < 4.78 is 69.8. The summed E-state index contributed by atoms with van der Waals surface area (Å²) in [5.74, 6) is 0. The molecule has 0 N–H and O–H groups in total. The summed E-state index contributed by atoms with van der Waals surface area (Å²) in [4.78, 5) is 0. The molecule has 68 valence electrons. The first-order chi connectivity index (χ1) is 4.50. The lowest BCUT2D eigenvalue weighted by atomic mass is 9.27. The number of alkyl halides is 6. The fourth-order valence-electron chi connectivity index (χ4n) is 0.186. The van der Waals surface area contributed by atoms with Crippen molar-refractivity contribution in [3.8, 4) is 0 Å². The first-order valence-electron chi connectivity index (χ1n) is 2.87. The fourth-order valence-corrected chi connectivity index (χ4v) is 0.186. The molecule has 0 nitrogen and oxygen atoms in total. The van der Waals surface area contributed by atoms with Gasteiger partial charge in [0.05, 0.1) is 0 Å². The minimum absolute atomic E-state index is 0.167. The van der Waals surface area contributed by atoms with Crippen LogP contribution in [0.25, 0.3) is 0 Å². The first-order valence-corrected chi connectivity index (χ1v) is 2.87. The maximum Gasteiger partial charge on any atom is 0.260 e. The lowest BCUT2D eigenvalue weighted by molar-refractivity contribution is -0.111. The van der Waals surface area contributed by atoms with Gasteiger partial charge >= 0.3 is 0 Å². The molecule has 0 unspecified atom stereocenters. The minimum Gasteiger partial charge on any atom is -0.216 e. The number of halogens is 6. The molecule has 0 amide bonds. The van der Waals surface area contributed by atoms with E-state index < -0.39 is 18.3 Å². The smallest absolute Gasteiger partial charge is 0.216 e. The minimum atomic E-state index is -5.18. The molecule has 0 fully saturated rings. The number of rotatable bonds is 0. The SMILES string of the molecule is C[B-](C)(C(F)(F)F)C(F)(F)F. The molecule has 0 spiro atoms. The van der Waals surface area contributed by atoms with E-state index in [1.807, 2.05) is 0 Å². The van der Waals surface area contributed by atoms with Gasteiger partial charge in [0.1, 0.15) is 0 Å². The van der Waals surface area contributed by atoms with E-state index in [1.54, 1.807) is 0 Å². The third-order valence-electron chi connectivity index (χ3n) is 1.64. The van der Waals surface area contributed by atoms with Crippen LogP contribution in [0.5, 0.6) is 0 Å². The van der Waals surface area contributed by atoms with Crippen LogP contribution in [0.4, 0.5) is 26.3 Å². The Hall–Kier alpha value is -0.355. The zero-order valence-corrected chi connectivity index (χ0v) is 5.85. The molecule has 0 saturated heterocycles. The van der Waals surface area contributed by atoms with Gasteiger partial charge in [-0.15, -0.1) is 0 Å². The summed E-state index contributed by atoms with van der Waals surface area (Å²) in [7, 11) is 0. The van der Waals surface area contributed by atoms with Crippen LogP contribution in [-0.2, 0) is 0 Å². The molecule has 0 aromatic heterocycles. The molecule has 0 atom stereocenters. The third-order valence-corrected chi connectivity index (χ3v) is 1.64. The highest BCUT2D eigenvalue weighted by Gasteiger charge is 2.58. The average Bonchev–Trinajstić information content (AvgIpc) is 1.58. The maximum absolute atomic E-state index is 11.6. The number of hydrogen-bond donors (Lipinski definition) is 0. The Morgan fingerprint density at radius 1 is 0.727 bits per heavy atom. The Balaban J connectivity index is 4.75. The van der Waals surface area contributed by atoms with Crippen LogP contribution in [0.2, 0.25) is 13.6 Å². The molecule has 0 saturated carbocycles. The molecule has 0 aliphatic rings. The standard InChI is InChI=1S/C4H6BF6/c1-5(2,3(6,7)8)4(9,10)11/h1-2H3/q-1. The van der Waals surface area contributed by atoms with Gasteiger partial charge in [-0.25, -0.2) is 26.3 Å². The van der Waals surface area contributed by atoms with Crippen molar-refractivity contribution in [2.45, 2.75) is 25.8 Å². The second-order valence-electron chi connectivity index (χ2n) is 2.96. The Morgan fingerprint density at radius 3 is 0.909 bits per heavy atom. The van der Waals surface area contributed by atoms with Crippen LogP contribution >= 0.6 is 0 Å². The van der Waals surface area contributed by atoms with Crippen molar-refractivity contribution < 1.29 is 26.3 Å². The molecule has 0 rings (SSSR count). The summed E-state index contributed by atoms with van der Waals surface area (Å²) in [5.41, 5.74) is 0. The van der Waals surface area contributed by atoms with Crippen molar-refractivity contribution in [1.29, 1.82) is 0 Å². The third kappa shape index (κ3) is 1.81. The predicted molar refractivity (Wildman–Crippen MR) is 29.6 cm³/mol. The van der Waals surface area contributed by atoms with E-state index in [2.05, 4.69) is 0 Å². The van der Waals surface area contributed by atoms with Gasteiger partial charge in [-0.3, -0.25) is 0 Å². The van der Waals surface area contributed by atoms with E-state index in [1.165, 1.54) is 0 Å². The highest BCUT2D eigenvalue weighted by molar-refractivity contribution is 6.81. The molecular formula is C4H6BF6-. The summed E-state index contributed by atoms with van der Waals surface area (Å²) in [6.07, 6.45) is -14.7. The van der Waals surface area contributed by atoms with Gasteiger partial charge in [-0.2, -0.15) is 13.6 Å². The molecule has 0 aromatic carbocycles. The molecule has 0 aromatic rings. The highest BCUT2D eigenvalue weighted by atomic mass is 19.4. The molecule has 0 bridgehead atoms. The summed E-state index contributed by atoms with van der Waals surface area (Å²) in [6.45, 7) is 0.333. The highest BCUT2D eigenvalue weighted by Crippen LogP contribution is 2.40. The van der Waals surface area contributed by atoms with Crippen molar-refractivity contribution in [2.75, 3.05) is 0 Å². The molecular weight excluding hydrogens is 173 g/mol. The van der Waals surface area contributed by atoms with Crippen LogP contribution < -0.4 is 0 Å². The number of hydrogen-bond acceptors (Lipinski definition) is 0. The van der Waals surface area contributed by atoms with Crippen LogP contribution in [0.15, 0.2) is 0 Å². The Morgan fingerprint density at radius 2 is 0.909 bits per heavy atom. The van der Waals surface area contributed by atoms with E-state index in [-0.39, 0.29) is 13.6 Å². The van der Waals surface area contributed by atoms with E-state index >= 15 is 0 Å². The Labute approximate surface area is 59.5 Å². The molecule has 0 heterocycles. The van der Waals surface area contributed by atoms with Gasteiger partial charge in [0, 0.05) is 0 Å². The zero-order chi connectivity index (χ0) is 9.50. The van der Waals surface area contributed by atoms with Gasteiger partial charge in [0.25, 0.3) is 12.2 Å². The quantitative estimate of drug-likeness (QED) is 0.396. The van der Waals surface area contributed by atoms with Gasteiger partial charge in [-0.1, -0.05) is 0 Å². The van der Waals surface area contributed by atoms with E-state index in [0.717, 1.165) is 0 Å². The summed E-state index contributed by atoms with van der Waals surface area (Å²) in [5, 5.41) is 0. The van der Waals surface area contributed by atoms with E-state index in [0.29, 0.717) is 0 Å². The van der Waals surface area contributed by atoms with Crippen LogP contribution in [0, 0.1) is 0 Å². The van der Waals surface area contributed by atoms with Crippen molar-refractivity contribution in [2.24, 2.45) is 0 Å². The van der Waals surface area contributed by atoms with Crippen molar-refractivity contribution in [3.63, 3.8) is 0 Å². The van der Waals surface area contributed by atoms with Gasteiger partial charge in [-0.05, 0) is 0 Å². The second kappa shape index (κ2) is 2.32. The van der Waals surface area contributed by atoms with Gasteiger partial charge in [0.15, 0.2) is 0 Å². The van der Waals surface area contributed by atoms with Gasteiger partial charge in [0.2, 0.25) is 6.15 Å². The molecule has 0 aliphatic heterocycles. The van der Waals surface area contributed by atoms with Crippen molar-refractivity contribution in [1.82, 2.24) is 0 Å². The van der Waals surface area contributed by atoms with Crippen LogP contribution in [-0.4, -0.2) is 18.3 Å². The normalized spacial score (nSPS) is 15.3. The lowest BCUT2D eigenvalue weighted by Gasteiger charge is -2.35. The van der Waals surface area contributed by atoms with Crippen molar-refractivity contribution >= 4 is 6.15 Å². The predicted octanol–water partition coefficient (Wildman–Crippen LogP) is 2.90. The average molecular weight is 179 g/mol. The van der Waals surface area contributed by atoms with Gasteiger partial charge < -0.3 is 0 Å². The molecule has 11 heavy (non-hydrogen) atoms. The summed E-state index contributed by atoms with van der Waals surface area (Å²) >= 11 is 0. The van der Waals surface area contributed by atoms with Crippen LogP contribution in [0.3, 0.4) is 0 Å².